The average Bonchev–Trinajstić information content (AvgIpc) is 2.40. The van der Waals surface area contributed by atoms with Gasteiger partial charge in [0.2, 0.25) is 5.91 Å². The molecule has 0 bridgehead atoms. The lowest BCUT2D eigenvalue weighted by Gasteiger charge is -2.37. The van der Waals surface area contributed by atoms with Crippen molar-refractivity contribution in [3.05, 3.63) is 29.8 Å². The number of carbonyl (C=O) groups is 1. The molecule has 1 aliphatic rings. The molecule has 1 aromatic rings. The summed E-state index contributed by atoms with van der Waals surface area (Å²) in [6.45, 7) is 0.586. The first-order chi connectivity index (χ1) is 10.1. The maximum absolute atomic E-state index is 13.5. The Kier molecular flexibility index (Phi) is 5.99. The number of aliphatic hydroxyl groups is 1. The third-order valence-electron chi connectivity index (χ3n) is 3.64. The lowest BCUT2D eigenvalue weighted by Crippen LogP contribution is -2.45. The maximum atomic E-state index is 13.5. The van der Waals surface area contributed by atoms with Gasteiger partial charge in [0.25, 0.3) is 0 Å². The second-order valence-corrected chi connectivity index (χ2v) is 6.13. The van der Waals surface area contributed by atoms with Crippen molar-refractivity contribution in [3.63, 3.8) is 0 Å². The van der Waals surface area contributed by atoms with Gasteiger partial charge in [0.15, 0.2) is 0 Å². The Morgan fingerprint density at radius 2 is 2.14 bits per heavy atom. The quantitative estimate of drug-likeness (QED) is 0.787. The van der Waals surface area contributed by atoms with E-state index in [9.17, 15) is 13.6 Å². The predicted octanol–water partition coefficient (Wildman–Crippen LogP) is 2.82. The van der Waals surface area contributed by atoms with Crippen LogP contribution in [0.15, 0.2) is 23.1 Å². The van der Waals surface area contributed by atoms with Crippen molar-refractivity contribution < 1.29 is 18.7 Å². The van der Waals surface area contributed by atoms with E-state index in [-0.39, 0.29) is 29.2 Å². The van der Waals surface area contributed by atoms with Crippen LogP contribution in [0.4, 0.5) is 8.78 Å². The SMILES string of the molecule is O=C(CSc1ccc(F)cc1F)N(CCCO)C1CCC1. The number of thioether (sulfide) groups is 1. The summed E-state index contributed by atoms with van der Waals surface area (Å²) in [6, 6.07) is 3.61. The van der Waals surface area contributed by atoms with E-state index in [1.54, 1.807) is 4.90 Å². The molecule has 1 fully saturated rings. The lowest BCUT2D eigenvalue weighted by atomic mass is 9.91. The minimum absolute atomic E-state index is 0.0518. The second-order valence-electron chi connectivity index (χ2n) is 5.11. The van der Waals surface area contributed by atoms with Crippen molar-refractivity contribution in [3.8, 4) is 0 Å². The van der Waals surface area contributed by atoms with Gasteiger partial charge in [-0.15, -0.1) is 11.8 Å². The number of hydrogen-bond donors (Lipinski definition) is 1. The van der Waals surface area contributed by atoms with E-state index in [4.69, 9.17) is 5.11 Å². The Labute approximate surface area is 127 Å². The number of benzene rings is 1. The molecule has 0 saturated heterocycles. The van der Waals surface area contributed by atoms with Crippen molar-refractivity contribution in [1.82, 2.24) is 4.90 Å². The minimum atomic E-state index is -0.640. The molecule has 0 spiro atoms. The third-order valence-corrected chi connectivity index (χ3v) is 4.67. The molecule has 1 aromatic carbocycles. The molecule has 2 rings (SSSR count). The molecular weight excluding hydrogens is 296 g/mol. The predicted molar refractivity (Wildman–Crippen MR) is 78.1 cm³/mol. The number of carbonyl (C=O) groups excluding carboxylic acids is 1. The van der Waals surface area contributed by atoms with Crippen LogP contribution in [0.25, 0.3) is 0 Å². The Morgan fingerprint density at radius 1 is 1.38 bits per heavy atom. The molecule has 0 radical (unpaired) electrons. The van der Waals surface area contributed by atoms with Crippen LogP contribution in [0.5, 0.6) is 0 Å². The van der Waals surface area contributed by atoms with Crippen molar-refractivity contribution >= 4 is 17.7 Å². The first kappa shape index (κ1) is 16.2. The highest BCUT2D eigenvalue weighted by Gasteiger charge is 2.28. The highest BCUT2D eigenvalue weighted by molar-refractivity contribution is 8.00. The number of hydrogen-bond acceptors (Lipinski definition) is 3. The van der Waals surface area contributed by atoms with Crippen LogP contribution < -0.4 is 0 Å². The molecular formula is C15H19F2NO2S. The fourth-order valence-corrected chi connectivity index (χ4v) is 3.07. The van der Waals surface area contributed by atoms with Gasteiger partial charge in [-0.1, -0.05) is 0 Å². The molecule has 6 heteroatoms. The van der Waals surface area contributed by atoms with Crippen LogP contribution in [-0.2, 0) is 4.79 Å². The van der Waals surface area contributed by atoms with Gasteiger partial charge >= 0.3 is 0 Å². The van der Waals surface area contributed by atoms with E-state index < -0.39 is 11.6 Å². The molecule has 1 amide bonds. The molecule has 3 nitrogen and oxygen atoms in total. The zero-order chi connectivity index (χ0) is 15.2. The van der Waals surface area contributed by atoms with Crippen molar-refractivity contribution in [1.29, 1.82) is 0 Å². The summed E-state index contributed by atoms with van der Waals surface area (Å²) in [5.74, 6) is -1.19. The van der Waals surface area contributed by atoms with Gasteiger partial charge in [0.05, 0.1) is 5.75 Å². The third kappa shape index (κ3) is 4.41. The van der Waals surface area contributed by atoms with Gasteiger partial charge in [-0.2, -0.15) is 0 Å². The van der Waals surface area contributed by atoms with E-state index in [2.05, 4.69) is 0 Å². The van der Waals surface area contributed by atoms with Crippen LogP contribution in [0.2, 0.25) is 0 Å². The van der Waals surface area contributed by atoms with E-state index in [0.29, 0.717) is 13.0 Å². The van der Waals surface area contributed by atoms with Gasteiger partial charge in [-0.3, -0.25) is 4.79 Å². The van der Waals surface area contributed by atoms with Crippen LogP contribution >= 0.6 is 11.8 Å². The van der Waals surface area contributed by atoms with Gasteiger partial charge in [-0.05, 0) is 37.8 Å². The van der Waals surface area contributed by atoms with Gasteiger partial charge in [0.1, 0.15) is 11.6 Å². The van der Waals surface area contributed by atoms with Crippen molar-refractivity contribution in [2.75, 3.05) is 18.9 Å². The van der Waals surface area contributed by atoms with Gasteiger partial charge in [0, 0.05) is 30.2 Å². The topological polar surface area (TPSA) is 40.5 Å². The normalized spacial score (nSPS) is 14.8. The van der Waals surface area contributed by atoms with Crippen molar-refractivity contribution in [2.45, 2.75) is 36.6 Å². The van der Waals surface area contributed by atoms with Crippen LogP contribution in [-0.4, -0.2) is 40.9 Å². The van der Waals surface area contributed by atoms with E-state index >= 15 is 0 Å². The van der Waals surface area contributed by atoms with Crippen LogP contribution in [0.1, 0.15) is 25.7 Å². The summed E-state index contributed by atoms with van der Waals surface area (Å²) in [4.78, 5) is 14.3. The molecule has 116 valence electrons. The Hall–Kier alpha value is -1.14. The highest BCUT2D eigenvalue weighted by Crippen LogP contribution is 2.27. The summed E-state index contributed by atoms with van der Waals surface area (Å²) < 4.78 is 26.3. The standard InChI is InChI=1S/C15H19F2NO2S/c16-11-5-6-14(13(17)9-11)21-10-15(20)18(7-2-8-19)12-3-1-4-12/h5-6,9,12,19H,1-4,7-8,10H2. The summed E-state index contributed by atoms with van der Waals surface area (Å²) in [5.41, 5.74) is 0. The molecule has 1 aliphatic carbocycles. The number of rotatable bonds is 7. The fraction of sp³-hybridized carbons (Fsp3) is 0.533. The minimum Gasteiger partial charge on any atom is -0.396 e. The average molecular weight is 315 g/mol. The summed E-state index contributed by atoms with van der Waals surface area (Å²) >= 11 is 1.08. The van der Waals surface area contributed by atoms with Crippen LogP contribution in [0.3, 0.4) is 0 Å². The lowest BCUT2D eigenvalue weighted by molar-refractivity contribution is -0.132. The summed E-state index contributed by atoms with van der Waals surface area (Å²) in [7, 11) is 0. The number of aliphatic hydroxyl groups excluding tert-OH is 1. The smallest absolute Gasteiger partial charge is 0.233 e. The van der Waals surface area contributed by atoms with Crippen molar-refractivity contribution in [2.24, 2.45) is 0 Å². The number of halogens is 2. The monoisotopic (exact) mass is 315 g/mol. The first-order valence-electron chi connectivity index (χ1n) is 7.10. The molecule has 0 aliphatic heterocycles. The molecule has 0 atom stereocenters. The first-order valence-corrected chi connectivity index (χ1v) is 8.08. The zero-order valence-electron chi connectivity index (χ0n) is 11.7. The summed E-state index contributed by atoms with van der Waals surface area (Å²) in [6.07, 6.45) is 3.66. The molecule has 0 heterocycles. The van der Waals surface area contributed by atoms with Crippen LogP contribution in [0, 0.1) is 11.6 Å². The molecule has 0 unspecified atom stereocenters. The second kappa shape index (κ2) is 7.75. The Morgan fingerprint density at radius 3 is 2.71 bits per heavy atom. The Balaban J connectivity index is 1.91. The molecule has 1 saturated carbocycles. The summed E-state index contributed by atoms with van der Waals surface area (Å²) in [5, 5.41) is 8.91. The largest absolute Gasteiger partial charge is 0.396 e. The zero-order valence-corrected chi connectivity index (χ0v) is 12.5. The van der Waals surface area contributed by atoms with E-state index in [0.717, 1.165) is 37.1 Å². The molecule has 1 N–H and O–H groups in total. The van der Waals surface area contributed by atoms with Gasteiger partial charge in [-0.25, -0.2) is 8.78 Å². The van der Waals surface area contributed by atoms with E-state index in [1.165, 1.54) is 12.1 Å². The highest BCUT2D eigenvalue weighted by atomic mass is 32.2. The van der Waals surface area contributed by atoms with Gasteiger partial charge < -0.3 is 10.0 Å². The molecule has 0 aromatic heterocycles. The number of nitrogens with zero attached hydrogens (tertiary/aromatic N) is 1. The van der Waals surface area contributed by atoms with E-state index in [1.807, 2.05) is 0 Å². The molecule has 21 heavy (non-hydrogen) atoms. The number of amides is 1. The maximum Gasteiger partial charge on any atom is 0.233 e. The Bertz CT molecular complexity index is 495. The fourth-order valence-electron chi connectivity index (χ4n) is 2.27.